The maximum atomic E-state index is 4.72. The summed E-state index contributed by atoms with van der Waals surface area (Å²) in [5, 5.41) is 9.08. The molecule has 4 heteroatoms. The van der Waals surface area contributed by atoms with Crippen molar-refractivity contribution in [2.75, 3.05) is 12.8 Å². The number of rotatable bonds is 8. The second kappa shape index (κ2) is 8.08. The van der Waals surface area contributed by atoms with E-state index in [0.717, 1.165) is 18.1 Å². The van der Waals surface area contributed by atoms with E-state index in [0.29, 0.717) is 12.1 Å². The number of nitrogens with one attached hydrogen (secondary N) is 1. The summed E-state index contributed by atoms with van der Waals surface area (Å²) in [6, 6.07) is 3.22. The average molecular weight is 295 g/mol. The molecule has 1 fully saturated rings. The van der Waals surface area contributed by atoms with Gasteiger partial charge in [0, 0.05) is 35.7 Å². The molecule has 0 spiro atoms. The zero-order valence-corrected chi connectivity index (χ0v) is 14.0. The van der Waals surface area contributed by atoms with Crippen LogP contribution in [0.2, 0.25) is 0 Å². The Morgan fingerprint density at radius 3 is 2.85 bits per heavy atom. The highest BCUT2D eigenvalue weighted by atomic mass is 32.2. The molecule has 0 saturated heterocycles. The van der Waals surface area contributed by atoms with E-state index in [1.165, 1.54) is 37.1 Å². The third-order valence-corrected chi connectivity index (χ3v) is 5.94. The summed E-state index contributed by atoms with van der Waals surface area (Å²) >= 11 is 2.16. The normalized spacial score (nSPS) is 19.4. The van der Waals surface area contributed by atoms with Crippen LogP contribution in [0.25, 0.3) is 0 Å². The topological polar surface area (TPSA) is 29.9 Å². The van der Waals surface area contributed by atoms with Crippen LogP contribution in [0.1, 0.15) is 57.7 Å². The van der Waals surface area contributed by atoms with Crippen LogP contribution in [0.5, 0.6) is 0 Å². The molecule has 1 aliphatic rings. The zero-order valence-electron chi connectivity index (χ0n) is 13.1. The molecular formula is C16H29N3S. The smallest absolute Gasteiger partial charge is 0.0640 e. The van der Waals surface area contributed by atoms with Gasteiger partial charge >= 0.3 is 0 Å². The fraction of sp³-hybridized carbons (Fsp3) is 0.812. The molecule has 0 aromatic carbocycles. The van der Waals surface area contributed by atoms with Crippen molar-refractivity contribution in [2.45, 2.75) is 69.7 Å². The first-order valence-corrected chi connectivity index (χ1v) is 9.10. The molecule has 3 nitrogen and oxygen atoms in total. The SMILES string of the molecule is CCC(C)n1ccc(CC(CSC2CCCC2)NC)n1. The lowest BCUT2D eigenvalue weighted by Crippen LogP contribution is -2.31. The van der Waals surface area contributed by atoms with Crippen LogP contribution < -0.4 is 5.32 Å². The molecule has 20 heavy (non-hydrogen) atoms. The monoisotopic (exact) mass is 295 g/mol. The van der Waals surface area contributed by atoms with Crippen molar-refractivity contribution in [1.29, 1.82) is 0 Å². The predicted octanol–water partition coefficient (Wildman–Crippen LogP) is 3.66. The molecule has 0 amide bonds. The summed E-state index contributed by atoms with van der Waals surface area (Å²) in [6.45, 7) is 4.43. The van der Waals surface area contributed by atoms with Crippen LogP contribution in [0.15, 0.2) is 12.3 Å². The number of hydrogen-bond acceptors (Lipinski definition) is 3. The minimum atomic E-state index is 0.504. The molecule has 1 saturated carbocycles. The third kappa shape index (κ3) is 4.52. The summed E-state index contributed by atoms with van der Waals surface area (Å²) < 4.78 is 2.10. The van der Waals surface area contributed by atoms with Crippen molar-refractivity contribution < 1.29 is 0 Å². The standard InChI is InChI=1S/C16H29N3S/c1-4-13(2)19-10-9-14(18-19)11-15(17-3)12-20-16-7-5-6-8-16/h9-10,13,15-17H,4-8,11-12H2,1-3H3. The number of hydrogen-bond donors (Lipinski definition) is 1. The van der Waals surface area contributed by atoms with Crippen molar-refractivity contribution in [1.82, 2.24) is 15.1 Å². The molecule has 2 unspecified atom stereocenters. The van der Waals surface area contributed by atoms with Crippen LogP contribution in [-0.2, 0) is 6.42 Å². The molecule has 1 aromatic heterocycles. The van der Waals surface area contributed by atoms with E-state index in [2.05, 4.69) is 54.9 Å². The fourth-order valence-corrected chi connectivity index (χ4v) is 4.18. The number of thioether (sulfide) groups is 1. The molecule has 1 aliphatic carbocycles. The maximum Gasteiger partial charge on any atom is 0.0640 e. The van der Waals surface area contributed by atoms with Gasteiger partial charge in [0.05, 0.1) is 5.69 Å². The van der Waals surface area contributed by atoms with E-state index in [1.54, 1.807) is 0 Å². The van der Waals surface area contributed by atoms with E-state index in [-0.39, 0.29) is 0 Å². The first-order chi connectivity index (χ1) is 9.72. The highest BCUT2D eigenvalue weighted by molar-refractivity contribution is 7.99. The van der Waals surface area contributed by atoms with Crippen LogP contribution in [-0.4, -0.2) is 33.9 Å². The van der Waals surface area contributed by atoms with E-state index in [4.69, 9.17) is 5.10 Å². The van der Waals surface area contributed by atoms with E-state index in [9.17, 15) is 0 Å². The van der Waals surface area contributed by atoms with Crippen molar-refractivity contribution >= 4 is 11.8 Å². The molecule has 114 valence electrons. The van der Waals surface area contributed by atoms with Crippen molar-refractivity contribution in [3.05, 3.63) is 18.0 Å². The van der Waals surface area contributed by atoms with Crippen molar-refractivity contribution in [3.63, 3.8) is 0 Å². The Kier molecular flexibility index (Phi) is 6.43. The Hall–Kier alpha value is -0.480. The second-order valence-corrected chi connectivity index (χ2v) is 7.31. The zero-order chi connectivity index (χ0) is 14.4. The molecule has 2 atom stereocenters. The Labute approximate surface area is 127 Å². The van der Waals surface area contributed by atoms with Gasteiger partial charge in [-0.2, -0.15) is 16.9 Å². The molecule has 0 aliphatic heterocycles. The van der Waals surface area contributed by atoms with Crippen LogP contribution >= 0.6 is 11.8 Å². The third-order valence-electron chi connectivity index (χ3n) is 4.41. The molecule has 1 N–H and O–H groups in total. The highest BCUT2D eigenvalue weighted by Gasteiger charge is 2.18. The minimum absolute atomic E-state index is 0.504. The Morgan fingerprint density at radius 1 is 1.45 bits per heavy atom. The van der Waals surface area contributed by atoms with Gasteiger partial charge < -0.3 is 5.32 Å². The van der Waals surface area contributed by atoms with Crippen LogP contribution in [0, 0.1) is 0 Å². The first kappa shape index (κ1) is 15.9. The summed E-state index contributed by atoms with van der Waals surface area (Å²) in [5.41, 5.74) is 1.22. The molecule has 0 radical (unpaired) electrons. The lowest BCUT2D eigenvalue weighted by molar-refractivity contribution is 0.470. The molecular weight excluding hydrogens is 266 g/mol. The van der Waals surface area contributed by atoms with Gasteiger partial charge in [0.2, 0.25) is 0 Å². The Balaban J connectivity index is 1.80. The van der Waals surface area contributed by atoms with Gasteiger partial charge in [-0.15, -0.1) is 0 Å². The van der Waals surface area contributed by atoms with Crippen LogP contribution in [0.3, 0.4) is 0 Å². The highest BCUT2D eigenvalue weighted by Crippen LogP contribution is 2.29. The number of nitrogens with zero attached hydrogens (tertiary/aromatic N) is 2. The van der Waals surface area contributed by atoms with Gasteiger partial charge in [0.15, 0.2) is 0 Å². The summed E-state index contributed by atoms with van der Waals surface area (Å²) in [7, 11) is 2.07. The van der Waals surface area contributed by atoms with E-state index < -0.39 is 0 Å². The van der Waals surface area contributed by atoms with Gasteiger partial charge in [0.1, 0.15) is 0 Å². The molecule has 2 rings (SSSR count). The quantitative estimate of drug-likeness (QED) is 0.794. The molecule has 0 bridgehead atoms. The van der Waals surface area contributed by atoms with E-state index >= 15 is 0 Å². The number of aromatic nitrogens is 2. The first-order valence-electron chi connectivity index (χ1n) is 8.05. The van der Waals surface area contributed by atoms with Crippen molar-refractivity contribution in [2.24, 2.45) is 0 Å². The Morgan fingerprint density at radius 2 is 2.20 bits per heavy atom. The molecule has 1 heterocycles. The minimum Gasteiger partial charge on any atom is -0.316 e. The maximum absolute atomic E-state index is 4.72. The number of likely N-dealkylation sites (N-methyl/N-ethyl adjacent to an activating group) is 1. The summed E-state index contributed by atoms with van der Waals surface area (Å²) in [6.07, 6.45) is 10.0. The van der Waals surface area contributed by atoms with Gasteiger partial charge in [0.25, 0.3) is 0 Å². The molecule has 1 aromatic rings. The van der Waals surface area contributed by atoms with Gasteiger partial charge in [-0.05, 0) is 39.3 Å². The van der Waals surface area contributed by atoms with Crippen molar-refractivity contribution in [3.8, 4) is 0 Å². The summed E-state index contributed by atoms with van der Waals surface area (Å²) in [4.78, 5) is 0. The van der Waals surface area contributed by atoms with Gasteiger partial charge in [-0.1, -0.05) is 19.8 Å². The lowest BCUT2D eigenvalue weighted by atomic mass is 10.2. The summed E-state index contributed by atoms with van der Waals surface area (Å²) in [5.74, 6) is 1.21. The average Bonchev–Trinajstić information content (AvgIpc) is 3.13. The van der Waals surface area contributed by atoms with Gasteiger partial charge in [-0.25, -0.2) is 0 Å². The Bertz CT molecular complexity index is 385. The largest absolute Gasteiger partial charge is 0.316 e. The predicted molar refractivity (Wildman–Crippen MR) is 88.5 cm³/mol. The second-order valence-electron chi connectivity index (χ2n) is 5.97. The van der Waals surface area contributed by atoms with Crippen LogP contribution in [0.4, 0.5) is 0 Å². The van der Waals surface area contributed by atoms with E-state index in [1.807, 2.05) is 0 Å². The lowest BCUT2D eigenvalue weighted by Gasteiger charge is -2.17. The van der Waals surface area contributed by atoms with Gasteiger partial charge in [-0.3, -0.25) is 4.68 Å². The fourth-order valence-electron chi connectivity index (χ4n) is 2.72.